The number of rotatable bonds is 2. The third-order valence-electron chi connectivity index (χ3n) is 2.60. The summed E-state index contributed by atoms with van der Waals surface area (Å²) in [5, 5.41) is 36.7. The number of hydrogen-bond donors (Lipinski definition) is 4. The molecule has 0 radical (unpaired) electrons. The Labute approximate surface area is 85.2 Å². The van der Waals surface area contributed by atoms with E-state index < -0.39 is 11.9 Å². The molecule has 5 heteroatoms. The van der Waals surface area contributed by atoms with Crippen LogP contribution in [0.15, 0.2) is 12.1 Å². The molecule has 0 aromatic heterocycles. The van der Waals surface area contributed by atoms with E-state index in [0.717, 1.165) is 12.1 Å². The van der Waals surface area contributed by atoms with Crippen molar-refractivity contribution in [1.82, 2.24) is 0 Å². The van der Waals surface area contributed by atoms with Gasteiger partial charge in [-0.3, -0.25) is 4.79 Å². The molecule has 0 saturated heterocycles. The van der Waals surface area contributed by atoms with E-state index in [2.05, 4.69) is 0 Å². The normalized spacial score (nSPS) is 23.7. The highest BCUT2D eigenvalue weighted by molar-refractivity contribution is 5.76. The summed E-state index contributed by atoms with van der Waals surface area (Å²) in [6, 6.07) is 2.18. The maximum atomic E-state index is 10.6. The zero-order chi connectivity index (χ0) is 11.2. The molecule has 1 aliphatic carbocycles. The van der Waals surface area contributed by atoms with Gasteiger partial charge in [0.05, 0.1) is 5.92 Å². The standard InChI is InChI=1S/C10H10O5/c11-4-1-7(12)9(8(13)2-4)5-3-6(5)10(14)15/h1-2,5-6,11-13H,3H2,(H,14,15)/t5-,6-/m1/s1. The van der Waals surface area contributed by atoms with Crippen LogP contribution in [0.3, 0.4) is 0 Å². The number of hydrogen-bond acceptors (Lipinski definition) is 4. The molecule has 1 aliphatic rings. The van der Waals surface area contributed by atoms with Gasteiger partial charge in [0.15, 0.2) is 0 Å². The molecule has 80 valence electrons. The van der Waals surface area contributed by atoms with Gasteiger partial charge in [-0.25, -0.2) is 0 Å². The van der Waals surface area contributed by atoms with Gasteiger partial charge in [-0.05, 0) is 6.42 Å². The van der Waals surface area contributed by atoms with E-state index >= 15 is 0 Å². The second-order valence-corrected chi connectivity index (χ2v) is 3.68. The maximum Gasteiger partial charge on any atom is 0.307 e. The molecule has 0 heterocycles. The number of carbonyl (C=O) groups is 1. The van der Waals surface area contributed by atoms with Gasteiger partial charge < -0.3 is 20.4 Å². The van der Waals surface area contributed by atoms with Crippen LogP contribution in [0, 0.1) is 5.92 Å². The second-order valence-electron chi connectivity index (χ2n) is 3.68. The van der Waals surface area contributed by atoms with Crippen LogP contribution >= 0.6 is 0 Å². The second kappa shape index (κ2) is 3.05. The van der Waals surface area contributed by atoms with Crippen LogP contribution in [0.5, 0.6) is 17.2 Å². The van der Waals surface area contributed by atoms with Crippen LogP contribution < -0.4 is 0 Å². The first-order valence-corrected chi connectivity index (χ1v) is 4.48. The molecule has 15 heavy (non-hydrogen) atoms. The van der Waals surface area contributed by atoms with E-state index in [1.54, 1.807) is 0 Å². The summed E-state index contributed by atoms with van der Waals surface area (Å²) in [4.78, 5) is 10.6. The fraction of sp³-hybridized carbons (Fsp3) is 0.300. The van der Waals surface area contributed by atoms with E-state index in [0.29, 0.717) is 6.42 Å². The van der Waals surface area contributed by atoms with Crippen molar-refractivity contribution in [3.8, 4) is 17.2 Å². The van der Waals surface area contributed by atoms with Crippen molar-refractivity contribution in [2.75, 3.05) is 0 Å². The van der Waals surface area contributed by atoms with Crippen LogP contribution in [-0.4, -0.2) is 26.4 Å². The first kappa shape index (κ1) is 9.64. The van der Waals surface area contributed by atoms with Gasteiger partial charge in [-0.15, -0.1) is 0 Å². The van der Waals surface area contributed by atoms with Gasteiger partial charge in [0.2, 0.25) is 0 Å². The smallest absolute Gasteiger partial charge is 0.307 e. The van der Waals surface area contributed by atoms with Gasteiger partial charge in [0.25, 0.3) is 0 Å². The summed E-state index contributed by atoms with van der Waals surface area (Å²) in [7, 11) is 0. The molecular formula is C10H10O5. The Kier molecular flexibility index (Phi) is 1.96. The molecule has 5 nitrogen and oxygen atoms in total. The van der Waals surface area contributed by atoms with Crippen LogP contribution in [0.25, 0.3) is 0 Å². The van der Waals surface area contributed by atoms with Gasteiger partial charge in [-0.1, -0.05) is 0 Å². The first-order chi connectivity index (χ1) is 7.00. The lowest BCUT2D eigenvalue weighted by Crippen LogP contribution is -1.99. The Morgan fingerprint density at radius 3 is 2.13 bits per heavy atom. The topological polar surface area (TPSA) is 98.0 Å². The largest absolute Gasteiger partial charge is 0.508 e. The highest BCUT2D eigenvalue weighted by atomic mass is 16.4. The summed E-state index contributed by atoms with van der Waals surface area (Å²) in [6.45, 7) is 0. The van der Waals surface area contributed by atoms with Crippen LogP contribution in [0.1, 0.15) is 17.9 Å². The number of phenolic OH excluding ortho intramolecular Hbond substituents is 3. The van der Waals surface area contributed by atoms with Crippen molar-refractivity contribution in [1.29, 1.82) is 0 Å². The van der Waals surface area contributed by atoms with Gasteiger partial charge in [0, 0.05) is 23.6 Å². The summed E-state index contributed by atoms with van der Waals surface area (Å²) >= 11 is 0. The van der Waals surface area contributed by atoms with Crippen LogP contribution in [0.4, 0.5) is 0 Å². The van der Waals surface area contributed by atoms with E-state index in [-0.39, 0.29) is 28.7 Å². The fourth-order valence-corrected chi connectivity index (χ4v) is 1.78. The van der Waals surface area contributed by atoms with Crippen LogP contribution in [-0.2, 0) is 4.79 Å². The monoisotopic (exact) mass is 210 g/mol. The molecule has 0 amide bonds. The minimum absolute atomic E-state index is 0.209. The van der Waals surface area contributed by atoms with Crippen LogP contribution in [0.2, 0.25) is 0 Å². The lowest BCUT2D eigenvalue weighted by Gasteiger charge is -2.06. The first-order valence-electron chi connectivity index (χ1n) is 4.48. The van der Waals surface area contributed by atoms with Gasteiger partial charge in [0.1, 0.15) is 17.2 Å². The molecule has 2 atom stereocenters. The number of aromatic hydroxyl groups is 3. The number of benzene rings is 1. The molecule has 0 unspecified atom stereocenters. The average Bonchev–Trinajstić information content (AvgIpc) is 2.81. The van der Waals surface area contributed by atoms with E-state index in [1.165, 1.54) is 0 Å². The Morgan fingerprint density at radius 2 is 1.73 bits per heavy atom. The van der Waals surface area contributed by atoms with Crippen molar-refractivity contribution >= 4 is 5.97 Å². The zero-order valence-corrected chi connectivity index (χ0v) is 7.71. The summed E-state index contributed by atoms with van der Waals surface area (Å²) in [5.74, 6) is -2.62. The molecule has 4 N–H and O–H groups in total. The maximum absolute atomic E-state index is 10.6. The molecule has 2 rings (SSSR count). The Hall–Kier alpha value is -1.91. The van der Waals surface area contributed by atoms with Gasteiger partial charge >= 0.3 is 5.97 Å². The zero-order valence-electron chi connectivity index (χ0n) is 7.71. The number of carboxylic acids is 1. The molecule has 0 aliphatic heterocycles. The van der Waals surface area contributed by atoms with E-state index in [9.17, 15) is 15.0 Å². The Bertz CT molecular complexity index is 403. The van der Waals surface area contributed by atoms with Crippen molar-refractivity contribution in [2.24, 2.45) is 5.92 Å². The highest BCUT2D eigenvalue weighted by Crippen LogP contribution is 2.53. The summed E-state index contributed by atoms with van der Waals surface area (Å²) in [5.41, 5.74) is 0.209. The molecule has 1 aromatic rings. The minimum atomic E-state index is -0.938. The molecule has 0 bridgehead atoms. The fourth-order valence-electron chi connectivity index (χ4n) is 1.78. The highest BCUT2D eigenvalue weighted by Gasteiger charge is 2.46. The lowest BCUT2D eigenvalue weighted by atomic mass is 10.1. The lowest BCUT2D eigenvalue weighted by molar-refractivity contribution is -0.138. The predicted octanol–water partition coefficient (Wildman–Crippen LogP) is 0.991. The van der Waals surface area contributed by atoms with Crippen molar-refractivity contribution in [3.63, 3.8) is 0 Å². The minimum Gasteiger partial charge on any atom is -0.508 e. The van der Waals surface area contributed by atoms with Crippen molar-refractivity contribution in [3.05, 3.63) is 17.7 Å². The van der Waals surface area contributed by atoms with Gasteiger partial charge in [-0.2, -0.15) is 0 Å². The predicted molar refractivity (Wildman–Crippen MR) is 49.9 cm³/mol. The quantitative estimate of drug-likeness (QED) is 0.583. The molecule has 1 saturated carbocycles. The average molecular weight is 210 g/mol. The van der Waals surface area contributed by atoms with E-state index in [1.807, 2.05) is 0 Å². The van der Waals surface area contributed by atoms with E-state index in [4.69, 9.17) is 10.2 Å². The van der Waals surface area contributed by atoms with Crippen molar-refractivity contribution in [2.45, 2.75) is 12.3 Å². The molecular weight excluding hydrogens is 200 g/mol. The molecule has 1 fully saturated rings. The Morgan fingerprint density at radius 1 is 1.20 bits per heavy atom. The number of carboxylic acid groups (broad SMARTS) is 1. The Balaban J connectivity index is 2.34. The third kappa shape index (κ3) is 1.56. The summed E-state index contributed by atoms with van der Waals surface area (Å²) < 4.78 is 0. The summed E-state index contributed by atoms with van der Waals surface area (Å²) in [6.07, 6.45) is 0.404. The number of phenols is 3. The number of aliphatic carboxylic acids is 1. The third-order valence-corrected chi connectivity index (χ3v) is 2.60. The SMILES string of the molecule is O=C(O)[C@@H]1C[C@H]1c1c(O)cc(O)cc1O. The molecule has 0 spiro atoms. The van der Waals surface area contributed by atoms with Crippen molar-refractivity contribution < 1.29 is 25.2 Å². The molecule has 1 aromatic carbocycles.